The molecule has 1 aliphatic rings. The Hall–Kier alpha value is -3.26. The van der Waals surface area contributed by atoms with Gasteiger partial charge < -0.3 is 4.90 Å². The number of para-hydroxylation sites is 2. The molecule has 5 aromatic rings. The quantitative estimate of drug-likeness (QED) is 0.354. The maximum Gasteiger partial charge on any atom is 0.127 e. The maximum absolute atomic E-state index is 4.56. The van der Waals surface area contributed by atoms with E-state index in [0.717, 1.165) is 51.5 Å². The van der Waals surface area contributed by atoms with Gasteiger partial charge in [-0.3, -0.25) is 0 Å². The Bertz CT molecular complexity index is 1290. The minimum absolute atomic E-state index is 0.0170. The van der Waals surface area contributed by atoms with Gasteiger partial charge in [-0.15, -0.1) is 10.2 Å². The lowest BCUT2D eigenvalue weighted by atomic mass is 10.0. The molecule has 2 aromatic heterocycles. The zero-order valence-corrected chi connectivity index (χ0v) is 18.3. The number of piperidine rings is 1. The van der Waals surface area contributed by atoms with Crippen molar-refractivity contribution >= 4 is 43.7 Å². The molecule has 3 heterocycles. The predicted octanol–water partition coefficient (Wildman–Crippen LogP) is 5.33. The Morgan fingerprint density at radius 3 is 1.87 bits per heavy atom. The number of halogens is 1. The molecule has 7 nitrogen and oxygen atoms in total. The Labute approximate surface area is 187 Å². The first-order chi connectivity index (χ1) is 15.3. The molecular weight excluding hydrogens is 454 g/mol. The van der Waals surface area contributed by atoms with E-state index < -0.39 is 0 Å². The maximum atomic E-state index is 4.56. The van der Waals surface area contributed by atoms with E-state index >= 15 is 0 Å². The summed E-state index contributed by atoms with van der Waals surface area (Å²) in [6.45, 7) is 0. The molecular formula is C23H20BrN7. The van der Waals surface area contributed by atoms with Gasteiger partial charge in [0.25, 0.3) is 0 Å². The molecule has 0 bridgehead atoms. The molecule has 6 rings (SSSR count). The van der Waals surface area contributed by atoms with Crippen LogP contribution in [-0.2, 0) is 0 Å². The summed E-state index contributed by atoms with van der Waals surface area (Å²) in [6.07, 6.45) is 3.04. The van der Waals surface area contributed by atoms with Crippen molar-refractivity contribution in [2.75, 3.05) is 4.90 Å². The van der Waals surface area contributed by atoms with Gasteiger partial charge in [-0.05, 0) is 61.7 Å². The molecule has 8 heteroatoms. The molecule has 31 heavy (non-hydrogen) atoms. The van der Waals surface area contributed by atoms with Crippen molar-refractivity contribution in [3.05, 3.63) is 77.3 Å². The number of rotatable bonds is 3. The van der Waals surface area contributed by atoms with Crippen LogP contribution in [0.2, 0.25) is 0 Å². The molecule has 2 atom stereocenters. The van der Waals surface area contributed by atoms with Crippen molar-refractivity contribution < 1.29 is 0 Å². The Morgan fingerprint density at radius 2 is 1.29 bits per heavy atom. The fraction of sp³-hybridized carbons (Fsp3) is 0.217. The average Bonchev–Trinajstić information content (AvgIpc) is 3.43. The first-order valence-corrected chi connectivity index (χ1v) is 11.2. The third-order valence-corrected chi connectivity index (χ3v) is 6.49. The highest BCUT2D eigenvalue weighted by Gasteiger charge is 2.35. The normalized spacial score (nSPS) is 19.3. The zero-order valence-electron chi connectivity index (χ0n) is 16.7. The number of hydrogen-bond acceptors (Lipinski definition) is 5. The van der Waals surface area contributed by atoms with Crippen LogP contribution in [0.5, 0.6) is 0 Å². The lowest BCUT2D eigenvalue weighted by molar-refractivity contribution is 0.247. The van der Waals surface area contributed by atoms with Crippen molar-refractivity contribution in [2.24, 2.45) is 0 Å². The van der Waals surface area contributed by atoms with E-state index in [1.54, 1.807) is 0 Å². The summed E-state index contributed by atoms with van der Waals surface area (Å²) < 4.78 is 5.16. The highest BCUT2D eigenvalue weighted by atomic mass is 79.9. The summed E-state index contributed by atoms with van der Waals surface area (Å²) >= 11 is 3.65. The first-order valence-electron chi connectivity index (χ1n) is 10.4. The van der Waals surface area contributed by atoms with E-state index in [1.165, 1.54) is 0 Å². The van der Waals surface area contributed by atoms with Crippen molar-refractivity contribution in [1.29, 1.82) is 0 Å². The molecule has 0 spiro atoms. The predicted molar refractivity (Wildman–Crippen MR) is 124 cm³/mol. The van der Waals surface area contributed by atoms with Crippen LogP contribution in [-0.4, -0.2) is 30.0 Å². The van der Waals surface area contributed by atoms with Crippen LogP contribution in [0.15, 0.2) is 77.3 Å². The lowest BCUT2D eigenvalue weighted by Crippen LogP contribution is -2.42. The second-order valence-corrected chi connectivity index (χ2v) is 8.74. The van der Waals surface area contributed by atoms with E-state index in [4.69, 9.17) is 0 Å². The number of aromatic nitrogens is 6. The summed E-state index contributed by atoms with van der Waals surface area (Å²) in [4.78, 5) is 2.41. The largest absolute Gasteiger partial charge is 0.327 e. The van der Waals surface area contributed by atoms with Crippen LogP contribution in [0.25, 0.3) is 22.1 Å². The minimum Gasteiger partial charge on any atom is -0.327 e. The van der Waals surface area contributed by atoms with Gasteiger partial charge in [-0.25, -0.2) is 9.36 Å². The summed E-state index contributed by atoms with van der Waals surface area (Å²) in [7, 11) is 0. The molecule has 0 aliphatic carbocycles. The zero-order chi connectivity index (χ0) is 20.8. The van der Waals surface area contributed by atoms with Gasteiger partial charge in [0.15, 0.2) is 0 Å². The Balaban J connectivity index is 1.54. The first kappa shape index (κ1) is 18.5. The fourth-order valence-electron chi connectivity index (χ4n) is 4.64. The third kappa shape index (κ3) is 3.09. The van der Waals surface area contributed by atoms with Gasteiger partial charge in [0.05, 0.1) is 11.0 Å². The van der Waals surface area contributed by atoms with Crippen molar-refractivity contribution in [3.8, 4) is 0 Å². The molecule has 1 aliphatic heterocycles. The van der Waals surface area contributed by atoms with E-state index in [1.807, 2.05) is 42.5 Å². The number of anilines is 1. The smallest absolute Gasteiger partial charge is 0.127 e. The molecule has 0 saturated carbocycles. The van der Waals surface area contributed by atoms with Crippen LogP contribution in [0.1, 0.15) is 31.6 Å². The molecule has 1 saturated heterocycles. The Kier molecular flexibility index (Phi) is 4.45. The van der Waals surface area contributed by atoms with E-state index in [9.17, 15) is 0 Å². The van der Waals surface area contributed by atoms with Crippen LogP contribution >= 0.6 is 15.9 Å². The van der Waals surface area contributed by atoms with Crippen LogP contribution in [0.3, 0.4) is 0 Å². The molecule has 1 fully saturated rings. The van der Waals surface area contributed by atoms with Crippen molar-refractivity contribution in [1.82, 2.24) is 30.0 Å². The van der Waals surface area contributed by atoms with Gasteiger partial charge in [0, 0.05) is 10.2 Å². The van der Waals surface area contributed by atoms with Crippen molar-refractivity contribution in [2.45, 2.75) is 31.6 Å². The second-order valence-electron chi connectivity index (χ2n) is 7.82. The molecule has 3 aromatic carbocycles. The summed E-state index contributed by atoms with van der Waals surface area (Å²) in [5.74, 6) is 0. The lowest BCUT2D eigenvalue weighted by Gasteiger charge is -2.43. The fourth-order valence-corrected chi connectivity index (χ4v) is 5.02. The van der Waals surface area contributed by atoms with E-state index in [2.05, 4.69) is 81.1 Å². The summed E-state index contributed by atoms with van der Waals surface area (Å²) in [6, 6.07) is 24.7. The number of benzene rings is 3. The van der Waals surface area contributed by atoms with Gasteiger partial charge in [0.1, 0.15) is 23.4 Å². The van der Waals surface area contributed by atoms with Gasteiger partial charge >= 0.3 is 0 Å². The molecule has 2 unspecified atom stereocenters. The van der Waals surface area contributed by atoms with Crippen LogP contribution in [0, 0.1) is 0 Å². The third-order valence-electron chi connectivity index (χ3n) is 5.99. The minimum atomic E-state index is 0.0170. The molecule has 0 N–H and O–H groups in total. The monoisotopic (exact) mass is 473 g/mol. The average molecular weight is 474 g/mol. The van der Waals surface area contributed by atoms with Crippen LogP contribution in [0.4, 0.5) is 5.69 Å². The molecule has 154 valence electrons. The Morgan fingerprint density at radius 1 is 0.710 bits per heavy atom. The highest BCUT2D eigenvalue weighted by Crippen LogP contribution is 2.41. The second kappa shape index (κ2) is 7.46. The van der Waals surface area contributed by atoms with E-state index in [-0.39, 0.29) is 12.3 Å². The summed E-state index contributed by atoms with van der Waals surface area (Å²) in [5.41, 5.74) is 5.01. The highest BCUT2D eigenvalue weighted by molar-refractivity contribution is 9.10. The van der Waals surface area contributed by atoms with Gasteiger partial charge in [-0.1, -0.05) is 56.7 Å². The topological polar surface area (TPSA) is 64.7 Å². The van der Waals surface area contributed by atoms with Gasteiger partial charge in [-0.2, -0.15) is 0 Å². The SMILES string of the molecule is Brc1cccc(N2C(n3nnc4ccccc43)CCCC2n2nnc3ccccc32)c1. The van der Waals surface area contributed by atoms with Gasteiger partial charge in [0.2, 0.25) is 0 Å². The molecule has 0 amide bonds. The number of fused-ring (bicyclic) bond motifs is 2. The molecule has 0 radical (unpaired) electrons. The number of hydrogen-bond donors (Lipinski definition) is 0. The van der Waals surface area contributed by atoms with Crippen molar-refractivity contribution in [3.63, 3.8) is 0 Å². The van der Waals surface area contributed by atoms with Crippen LogP contribution < -0.4 is 4.90 Å². The van der Waals surface area contributed by atoms with E-state index in [0.29, 0.717) is 0 Å². The summed E-state index contributed by atoms with van der Waals surface area (Å²) in [5, 5.41) is 18.0. The standard InChI is InChI=1S/C23H20BrN7/c24-16-7-5-8-17(15-16)29-22(30-20-11-3-1-9-18(20)25-27-30)13-6-14-23(29)31-21-12-4-2-10-19(21)26-28-31/h1-5,7-12,15,22-23H,6,13-14H2. The number of nitrogens with zero attached hydrogens (tertiary/aromatic N) is 7.